The van der Waals surface area contributed by atoms with E-state index >= 15 is 0 Å². The smallest absolute Gasteiger partial charge is 0.126 e. The Balaban J connectivity index is 3.01. The van der Waals surface area contributed by atoms with Gasteiger partial charge in [-0.15, -0.1) is 0 Å². The highest BCUT2D eigenvalue weighted by molar-refractivity contribution is 5.44. The van der Waals surface area contributed by atoms with E-state index in [0.717, 1.165) is 30.8 Å². The van der Waals surface area contributed by atoms with Gasteiger partial charge in [0.2, 0.25) is 0 Å². The Morgan fingerprint density at radius 3 is 2.53 bits per heavy atom. The van der Waals surface area contributed by atoms with Gasteiger partial charge in [0.05, 0.1) is 6.61 Å². The predicted octanol–water partition coefficient (Wildman–Crippen LogP) is 2.80. The molecular weight excluding hydrogens is 186 g/mol. The molecule has 1 aromatic carbocycles. The fraction of sp³-hybridized carbons (Fsp3) is 0.538. The van der Waals surface area contributed by atoms with Crippen LogP contribution < -0.4 is 10.5 Å². The van der Waals surface area contributed by atoms with Gasteiger partial charge < -0.3 is 10.5 Å². The minimum absolute atomic E-state index is 0.549. The first kappa shape index (κ1) is 12.1. The molecule has 2 N–H and O–H groups in total. The Labute approximate surface area is 92.4 Å². The van der Waals surface area contributed by atoms with Crippen molar-refractivity contribution in [2.24, 2.45) is 5.73 Å². The summed E-state index contributed by atoms with van der Waals surface area (Å²) in [6.45, 7) is 7.66. The molecule has 0 radical (unpaired) electrons. The van der Waals surface area contributed by atoms with Crippen molar-refractivity contribution in [2.75, 3.05) is 6.61 Å². The summed E-state index contributed by atoms with van der Waals surface area (Å²) in [7, 11) is 0. The summed E-state index contributed by atoms with van der Waals surface area (Å²) in [4.78, 5) is 0. The number of ether oxygens (including phenoxy) is 1. The van der Waals surface area contributed by atoms with E-state index in [1.807, 2.05) is 0 Å². The molecule has 0 heterocycles. The molecule has 0 saturated carbocycles. The van der Waals surface area contributed by atoms with Crippen molar-refractivity contribution in [3.05, 3.63) is 28.8 Å². The molecule has 15 heavy (non-hydrogen) atoms. The quantitative estimate of drug-likeness (QED) is 0.805. The topological polar surface area (TPSA) is 35.2 Å². The van der Waals surface area contributed by atoms with Crippen LogP contribution >= 0.6 is 0 Å². The van der Waals surface area contributed by atoms with E-state index < -0.39 is 0 Å². The number of aryl methyl sites for hydroxylation is 2. The number of hydrogen-bond donors (Lipinski definition) is 1. The maximum Gasteiger partial charge on any atom is 0.126 e. The van der Waals surface area contributed by atoms with Gasteiger partial charge in [-0.3, -0.25) is 0 Å². The molecule has 0 unspecified atom stereocenters. The summed E-state index contributed by atoms with van der Waals surface area (Å²) in [5.74, 6) is 0.983. The van der Waals surface area contributed by atoms with Crippen molar-refractivity contribution in [1.29, 1.82) is 0 Å². The van der Waals surface area contributed by atoms with Gasteiger partial charge in [0.15, 0.2) is 0 Å². The number of nitrogens with two attached hydrogens (primary N) is 1. The molecule has 0 spiro atoms. The van der Waals surface area contributed by atoms with E-state index in [4.69, 9.17) is 10.5 Å². The van der Waals surface area contributed by atoms with E-state index in [1.54, 1.807) is 0 Å². The second-order valence-electron chi connectivity index (χ2n) is 3.81. The van der Waals surface area contributed by atoms with E-state index in [0.29, 0.717) is 6.54 Å². The van der Waals surface area contributed by atoms with Gasteiger partial charge in [-0.1, -0.05) is 26.0 Å². The van der Waals surface area contributed by atoms with Crippen LogP contribution in [0.5, 0.6) is 5.75 Å². The lowest BCUT2D eigenvalue weighted by Crippen LogP contribution is -2.05. The van der Waals surface area contributed by atoms with E-state index in [1.165, 1.54) is 11.1 Å². The Morgan fingerprint density at radius 1 is 1.27 bits per heavy atom. The van der Waals surface area contributed by atoms with Gasteiger partial charge >= 0.3 is 0 Å². The first-order valence-corrected chi connectivity index (χ1v) is 5.68. The zero-order chi connectivity index (χ0) is 11.3. The molecule has 0 aliphatic carbocycles. The van der Waals surface area contributed by atoms with Crippen molar-refractivity contribution in [1.82, 2.24) is 0 Å². The van der Waals surface area contributed by atoms with Gasteiger partial charge in [-0.25, -0.2) is 0 Å². The zero-order valence-corrected chi connectivity index (χ0v) is 9.97. The standard InChI is InChI=1S/C13H21NO/c1-4-6-15-13-10(3)7-11(5-2)8-12(13)9-14/h7-8H,4-6,9,14H2,1-3H3. The number of benzene rings is 1. The van der Waals surface area contributed by atoms with Crippen LogP contribution in [0.15, 0.2) is 12.1 Å². The lowest BCUT2D eigenvalue weighted by atomic mass is 10.0. The Morgan fingerprint density at radius 2 is 2.00 bits per heavy atom. The van der Waals surface area contributed by atoms with Crippen LogP contribution in [-0.4, -0.2) is 6.61 Å². The molecule has 0 saturated heterocycles. The minimum atomic E-state index is 0.549. The normalized spacial score (nSPS) is 10.4. The molecule has 0 aromatic heterocycles. The molecule has 1 rings (SSSR count). The molecule has 1 aromatic rings. The highest BCUT2D eigenvalue weighted by Crippen LogP contribution is 2.25. The molecule has 0 atom stereocenters. The van der Waals surface area contributed by atoms with Gasteiger partial charge in [-0.2, -0.15) is 0 Å². The second kappa shape index (κ2) is 5.76. The van der Waals surface area contributed by atoms with E-state index in [-0.39, 0.29) is 0 Å². The Kier molecular flexibility index (Phi) is 4.63. The van der Waals surface area contributed by atoms with Crippen molar-refractivity contribution < 1.29 is 4.74 Å². The van der Waals surface area contributed by atoms with Crippen LogP contribution in [-0.2, 0) is 13.0 Å². The summed E-state index contributed by atoms with van der Waals surface area (Å²) in [5.41, 5.74) is 9.39. The van der Waals surface area contributed by atoms with Gasteiger partial charge in [0.1, 0.15) is 5.75 Å². The molecule has 2 nitrogen and oxygen atoms in total. The molecular formula is C13H21NO. The third kappa shape index (κ3) is 2.96. The maximum absolute atomic E-state index is 5.73. The Bertz CT molecular complexity index is 321. The second-order valence-corrected chi connectivity index (χ2v) is 3.81. The first-order valence-electron chi connectivity index (χ1n) is 5.68. The molecule has 0 aliphatic rings. The highest BCUT2D eigenvalue weighted by atomic mass is 16.5. The van der Waals surface area contributed by atoms with Crippen molar-refractivity contribution in [3.63, 3.8) is 0 Å². The van der Waals surface area contributed by atoms with E-state index in [9.17, 15) is 0 Å². The van der Waals surface area contributed by atoms with Crippen LogP contribution in [0.25, 0.3) is 0 Å². The van der Waals surface area contributed by atoms with Crippen LogP contribution in [0.1, 0.15) is 37.0 Å². The lowest BCUT2D eigenvalue weighted by Gasteiger charge is -2.14. The van der Waals surface area contributed by atoms with Crippen LogP contribution in [0.2, 0.25) is 0 Å². The lowest BCUT2D eigenvalue weighted by molar-refractivity contribution is 0.312. The van der Waals surface area contributed by atoms with Gasteiger partial charge in [0, 0.05) is 12.1 Å². The summed E-state index contributed by atoms with van der Waals surface area (Å²) >= 11 is 0. The SMILES string of the molecule is CCCOc1c(C)cc(CC)cc1CN. The van der Waals surface area contributed by atoms with Crippen LogP contribution in [0.4, 0.5) is 0 Å². The van der Waals surface area contributed by atoms with E-state index in [2.05, 4.69) is 32.9 Å². The highest BCUT2D eigenvalue weighted by Gasteiger charge is 2.07. The van der Waals surface area contributed by atoms with Crippen molar-refractivity contribution >= 4 is 0 Å². The molecule has 0 fully saturated rings. The average Bonchev–Trinajstić information content (AvgIpc) is 2.26. The molecule has 84 valence electrons. The maximum atomic E-state index is 5.73. The van der Waals surface area contributed by atoms with Gasteiger partial charge in [-0.05, 0) is 30.9 Å². The summed E-state index contributed by atoms with van der Waals surface area (Å²) < 4.78 is 5.73. The van der Waals surface area contributed by atoms with Crippen molar-refractivity contribution in [3.8, 4) is 5.75 Å². The minimum Gasteiger partial charge on any atom is -0.493 e. The predicted molar refractivity (Wildman–Crippen MR) is 64.2 cm³/mol. The number of hydrogen-bond acceptors (Lipinski definition) is 2. The molecule has 2 heteroatoms. The summed E-state index contributed by atoms with van der Waals surface area (Å²) in [5, 5.41) is 0. The summed E-state index contributed by atoms with van der Waals surface area (Å²) in [6, 6.07) is 4.34. The Hall–Kier alpha value is -1.02. The monoisotopic (exact) mass is 207 g/mol. The molecule has 0 aliphatic heterocycles. The molecule has 0 bridgehead atoms. The third-order valence-electron chi connectivity index (χ3n) is 2.49. The van der Waals surface area contributed by atoms with Crippen LogP contribution in [0, 0.1) is 6.92 Å². The first-order chi connectivity index (χ1) is 7.22. The van der Waals surface area contributed by atoms with Crippen LogP contribution in [0.3, 0.4) is 0 Å². The molecule has 0 amide bonds. The fourth-order valence-electron chi connectivity index (χ4n) is 1.69. The largest absolute Gasteiger partial charge is 0.493 e. The zero-order valence-electron chi connectivity index (χ0n) is 9.97. The summed E-state index contributed by atoms with van der Waals surface area (Å²) in [6.07, 6.45) is 2.07. The average molecular weight is 207 g/mol. The number of rotatable bonds is 5. The van der Waals surface area contributed by atoms with Crippen molar-refractivity contribution in [2.45, 2.75) is 40.2 Å². The van der Waals surface area contributed by atoms with Gasteiger partial charge in [0.25, 0.3) is 0 Å². The fourth-order valence-corrected chi connectivity index (χ4v) is 1.69. The third-order valence-corrected chi connectivity index (χ3v) is 2.49.